The summed E-state index contributed by atoms with van der Waals surface area (Å²) in [4.78, 5) is 26.7. The Morgan fingerprint density at radius 3 is 1.86 bits per heavy atom. The van der Waals surface area contributed by atoms with Crippen molar-refractivity contribution in [2.45, 2.75) is 88.4 Å². The predicted molar refractivity (Wildman–Crippen MR) is 197 cm³/mol. The Morgan fingerprint density at radius 1 is 0.840 bits per heavy atom. The minimum absolute atomic E-state index is 0.0932. The number of hydrogen-bond donors (Lipinski definition) is 4. The Kier molecular flexibility index (Phi) is 16.5. The first-order chi connectivity index (χ1) is 23.8. The van der Waals surface area contributed by atoms with Crippen LogP contribution in [0.2, 0.25) is 10.0 Å². The molecule has 10 nitrogen and oxygen atoms in total. The highest BCUT2D eigenvalue weighted by Gasteiger charge is 2.35. The number of amides is 2. The Bertz CT molecular complexity index is 1560. The number of aliphatic hydroxyl groups is 2. The normalized spacial score (nSPS) is 13.7. The Hall–Kier alpha value is -3.19. The molecule has 274 valence electrons. The van der Waals surface area contributed by atoms with Crippen LogP contribution in [0.5, 0.6) is 0 Å². The zero-order valence-electron chi connectivity index (χ0n) is 29.0. The van der Waals surface area contributed by atoms with Gasteiger partial charge in [0.15, 0.2) is 0 Å². The van der Waals surface area contributed by atoms with Crippen LogP contribution in [0.4, 0.5) is 4.79 Å². The van der Waals surface area contributed by atoms with Crippen LogP contribution >= 0.6 is 23.2 Å². The molecule has 13 heteroatoms. The van der Waals surface area contributed by atoms with Crippen LogP contribution in [0.1, 0.15) is 75.5 Å². The van der Waals surface area contributed by atoms with Crippen molar-refractivity contribution in [2.24, 2.45) is 5.92 Å². The van der Waals surface area contributed by atoms with Gasteiger partial charge in [0.1, 0.15) is 6.04 Å². The lowest BCUT2D eigenvalue weighted by atomic mass is 9.84. The van der Waals surface area contributed by atoms with Gasteiger partial charge in [-0.25, -0.2) is 13.2 Å². The van der Waals surface area contributed by atoms with Crippen LogP contribution in [0, 0.1) is 5.92 Å². The van der Waals surface area contributed by atoms with Gasteiger partial charge in [-0.05, 0) is 91.1 Å². The first-order valence-corrected chi connectivity index (χ1v) is 19.0. The number of halogens is 2. The number of nitrogens with zero attached hydrogens (tertiary/aromatic N) is 1. The lowest BCUT2D eigenvalue weighted by molar-refractivity contribution is -0.124. The number of nitrogens with one attached hydrogen (secondary N) is 2. The van der Waals surface area contributed by atoms with E-state index >= 15 is 0 Å². The number of hydrogen-bond acceptors (Lipinski definition) is 7. The number of alkyl carbamates (subject to hydrolysis) is 1. The Morgan fingerprint density at radius 2 is 1.40 bits per heavy atom. The molecule has 0 bridgehead atoms. The van der Waals surface area contributed by atoms with E-state index in [1.807, 2.05) is 20.8 Å². The SMILES string of the molecule is CC[C@@H](CCC[C@@H](CO)N(CCC(C)C)S(=O)(=O)c1ccc(CO)cc1)NC(=O)[C@@H](NC(=O)OC)C(c1ccc(Cl)cc1)c1ccc(Cl)cc1. The molecule has 0 aromatic heterocycles. The molecule has 0 saturated heterocycles. The maximum Gasteiger partial charge on any atom is 0.407 e. The molecule has 0 spiro atoms. The van der Waals surface area contributed by atoms with E-state index in [4.69, 9.17) is 27.9 Å². The lowest BCUT2D eigenvalue weighted by Gasteiger charge is -2.31. The van der Waals surface area contributed by atoms with Crippen LogP contribution < -0.4 is 10.6 Å². The number of sulfonamides is 1. The third-order valence-electron chi connectivity index (χ3n) is 8.72. The monoisotopic (exact) mass is 749 g/mol. The minimum atomic E-state index is -3.95. The molecule has 50 heavy (non-hydrogen) atoms. The van der Waals surface area contributed by atoms with Crippen LogP contribution in [0.3, 0.4) is 0 Å². The lowest BCUT2D eigenvalue weighted by Crippen LogP contribution is -2.52. The highest BCUT2D eigenvalue weighted by Crippen LogP contribution is 2.31. The summed E-state index contributed by atoms with van der Waals surface area (Å²) < 4.78 is 33.9. The molecule has 0 aliphatic heterocycles. The summed E-state index contributed by atoms with van der Waals surface area (Å²) in [5, 5.41) is 26.7. The van der Waals surface area contributed by atoms with Crippen molar-refractivity contribution >= 4 is 45.2 Å². The summed E-state index contributed by atoms with van der Waals surface area (Å²) in [6.45, 7) is 5.62. The molecule has 0 fully saturated rings. The summed E-state index contributed by atoms with van der Waals surface area (Å²) in [5.41, 5.74) is 2.07. The predicted octanol–water partition coefficient (Wildman–Crippen LogP) is 6.51. The summed E-state index contributed by atoms with van der Waals surface area (Å²) in [5.74, 6) is -0.811. The summed E-state index contributed by atoms with van der Waals surface area (Å²) in [6, 6.07) is 18.1. The van der Waals surface area contributed by atoms with Crippen LogP contribution in [-0.4, -0.2) is 73.3 Å². The first-order valence-electron chi connectivity index (χ1n) is 16.8. The van der Waals surface area contributed by atoms with E-state index < -0.39 is 40.0 Å². The Balaban J connectivity index is 1.82. The molecule has 0 aliphatic carbocycles. The van der Waals surface area contributed by atoms with Crippen LogP contribution in [0.25, 0.3) is 0 Å². The van der Waals surface area contributed by atoms with E-state index in [0.29, 0.717) is 47.7 Å². The van der Waals surface area contributed by atoms with Crippen LogP contribution in [0.15, 0.2) is 77.7 Å². The summed E-state index contributed by atoms with van der Waals surface area (Å²) in [6.07, 6.45) is 1.77. The van der Waals surface area contributed by atoms with E-state index in [1.54, 1.807) is 60.7 Å². The van der Waals surface area contributed by atoms with Gasteiger partial charge in [-0.1, -0.05) is 80.4 Å². The highest BCUT2D eigenvalue weighted by molar-refractivity contribution is 7.89. The third kappa shape index (κ3) is 11.7. The fourth-order valence-electron chi connectivity index (χ4n) is 5.79. The summed E-state index contributed by atoms with van der Waals surface area (Å²) >= 11 is 12.3. The topological polar surface area (TPSA) is 145 Å². The van der Waals surface area contributed by atoms with Gasteiger partial charge in [-0.2, -0.15) is 4.31 Å². The highest BCUT2D eigenvalue weighted by atomic mass is 35.5. The first kappa shape index (κ1) is 41.2. The zero-order valence-corrected chi connectivity index (χ0v) is 31.3. The second-order valence-corrected chi connectivity index (χ2v) is 15.4. The van der Waals surface area contributed by atoms with Gasteiger partial charge in [0, 0.05) is 34.6 Å². The average Bonchev–Trinajstić information content (AvgIpc) is 3.11. The molecule has 0 radical (unpaired) electrons. The van der Waals surface area contributed by atoms with Gasteiger partial charge >= 0.3 is 6.09 Å². The quantitative estimate of drug-likeness (QED) is 0.109. The van der Waals surface area contributed by atoms with Crippen molar-refractivity contribution in [1.82, 2.24) is 14.9 Å². The van der Waals surface area contributed by atoms with E-state index in [9.17, 15) is 28.2 Å². The fraction of sp³-hybridized carbons (Fsp3) is 0.459. The Labute approximate surface area is 306 Å². The molecule has 3 rings (SSSR count). The van der Waals surface area contributed by atoms with E-state index in [2.05, 4.69) is 10.6 Å². The fourth-order valence-corrected chi connectivity index (χ4v) is 7.70. The standard InChI is InChI=1S/C37H49Cl2N3O7S/c1-5-31(7-6-8-32(24-44)42(22-21-25(2)3)50(47,48)33-19-9-26(23-43)10-20-33)40-36(45)35(41-37(46)49-4)34(27-11-15-29(38)16-12-27)28-13-17-30(39)18-14-28/h9-20,25,31-32,34-35,43-44H,5-8,21-24H2,1-4H3,(H,40,45)(H,41,46)/t31-,32-,35-/m0/s1. The third-order valence-corrected chi connectivity index (χ3v) is 11.2. The molecule has 0 unspecified atom stereocenters. The average molecular weight is 751 g/mol. The minimum Gasteiger partial charge on any atom is -0.453 e. The van der Waals surface area contributed by atoms with Crippen molar-refractivity contribution in [2.75, 3.05) is 20.3 Å². The van der Waals surface area contributed by atoms with Crippen molar-refractivity contribution in [3.63, 3.8) is 0 Å². The van der Waals surface area contributed by atoms with Gasteiger partial charge in [-0.3, -0.25) is 4.79 Å². The zero-order chi connectivity index (χ0) is 36.8. The van der Waals surface area contributed by atoms with E-state index in [0.717, 1.165) is 11.1 Å². The molecule has 3 aromatic rings. The maximum atomic E-state index is 14.1. The van der Waals surface area contributed by atoms with E-state index in [-0.39, 0.29) is 36.6 Å². The van der Waals surface area contributed by atoms with Crippen molar-refractivity contribution < 1.29 is 33.0 Å². The second kappa shape index (κ2) is 20.0. The number of aliphatic hydroxyl groups excluding tert-OH is 2. The van der Waals surface area contributed by atoms with Crippen molar-refractivity contribution in [3.05, 3.63) is 99.5 Å². The molecular weight excluding hydrogens is 701 g/mol. The van der Waals surface area contributed by atoms with Crippen LogP contribution in [-0.2, 0) is 26.2 Å². The second-order valence-electron chi connectivity index (χ2n) is 12.7. The van der Waals surface area contributed by atoms with Crippen molar-refractivity contribution in [3.8, 4) is 0 Å². The molecule has 0 saturated carbocycles. The van der Waals surface area contributed by atoms with Gasteiger partial charge < -0.3 is 25.6 Å². The number of carbonyl (C=O) groups excluding carboxylic acids is 2. The molecular formula is C37H49Cl2N3O7S. The molecule has 2 amide bonds. The number of carbonyl (C=O) groups is 2. The summed E-state index contributed by atoms with van der Waals surface area (Å²) in [7, 11) is -2.72. The molecule has 4 N–H and O–H groups in total. The van der Waals surface area contributed by atoms with Gasteiger partial charge in [0.2, 0.25) is 15.9 Å². The van der Waals surface area contributed by atoms with Gasteiger partial charge in [-0.15, -0.1) is 0 Å². The number of benzene rings is 3. The van der Waals surface area contributed by atoms with Gasteiger partial charge in [0.25, 0.3) is 0 Å². The van der Waals surface area contributed by atoms with E-state index in [1.165, 1.54) is 23.5 Å². The maximum absolute atomic E-state index is 14.1. The number of rotatable bonds is 19. The number of methoxy groups -OCH3 is 1. The molecule has 0 aliphatic rings. The van der Waals surface area contributed by atoms with Gasteiger partial charge in [0.05, 0.1) is 25.2 Å². The molecule has 3 atom stereocenters. The molecule has 0 heterocycles. The molecule has 3 aromatic carbocycles. The van der Waals surface area contributed by atoms with Crippen molar-refractivity contribution in [1.29, 1.82) is 0 Å². The number of ether oxygens (including phenoxy) is 1. The largest absolute Gasteiger partial charge is 0.453 e. The smallest absolute Gasteiger partial charge is 0.407 e.